The van der Waals surface area contributed by atoms with E-state index >= 15 is 0 Å². The van der Waals surface area contributed by atoms with Crippen molar-refractivity contribution in [2.24, 2.45) is 5.41 Å². The second-order valence-corrected chi connectivity index (χ2v) is 21.9. The van der Waals surface area contributed by atoms with E-state index in [4.69, 9.17) is 33.7 Å². The van der Waals surface area contributed by atoms with Gasteiger partial charge in [0.1, 0.15) is 17.9 Å². The zero-order valence-electron chi connectivity index (χ0n) is 43.2. The Morgan fingerprint density at radius 2 is 1.62 bits per heavy atom. The molecule has 6 amide bonds. The number of carbonyl (C=O) groups is 6. The third-order valence-electron chi connectivity index (χ3n) is 13.4. The van der Waals surface area contributed by atoms with Crippen LogP contribution >= 0.6 is 34.5 Å². The summed E-state index contributed by atoms with van der Waals surface area (Å²) in [4.78, 5) is 91.7. The number of hydrogen-bond donors (Lipinski definition) is 5. The standard InChI is InChI=1S/C54H63Cl2FN10O8S/c1-30-26-65(52(73)35-15-17-36(18-16-35)61-50(71)41-24-43(49(58)64-63-41)75-22-21-38-39(55)19-20-40(57)46(38)56)27-31(2)67(30)45(70)10-8-7-9-44(69)62-48(54(4,5)6)53(74)66-28-37(68)23-42(66)51(72)59-25-33-11-13-34(14-12-33)47-32(3)60-29-76-47/h11-20,24,29-31,37,42,48,68H,7-10,21-23,25-28H2,1-6H3,(H2,58,64)(H,59,72)(H,61,71)(H,62,69)/t30-,31+,37-,42+,48-/m1/s1. The number of thiazole rings is 1. The molecule has 2 aliphatic heterocycles. The van der Waals surface area contributed by atoms with Crippen LogP contribution in [-0.2, 0) is 32.1 Å². The Hall–Kier alpha value is -6.74. The lowest BCUT2D eigenvalue weighted by molar-refractivity contribution is -0.144. The number of nitrogens with two attached hydrogens (primary N) is 1. The Morgan fingerprint density at radius 1 is 0.934 bits per heavy atom. The smallest absolute Gasteiger partial charge is 0.276 e. The van der Waals surface area contributed by atoms with Crippen LogP contribution in [0.3, 0.4) is 0 Å². The van der Waals surface area contributed by atoms with E-state index in [-0.39, 0.29) is 102 Å². The van der Waals surface area contributed by atoms with Crippen molar-refractivity contribution >= 4 is 81.5 Å². The lowest BCUT2D eigenvalue weighted by Gasteiger charge is -2.44. The summed E-state index contributed by atoms with van der Waals surface area (Å²) in [6, 6.07) is 15.5. The van der Waals surface area contributed by atoms with Crippen molar-refractivity contribution < 1.29 is 43.0 Å². The van der Waals surface area contributed by atoms with Crippen molar-refractivity contribution in [3.8, 4) is 16.2 Å². The molecule has 0 saturated carbocycles. The Kier molecular flexibility index (Phi) is 18.7. The van der Waals surface area contributed by atoms with Gasteiger partial charge in [-0.1, -0.05) is 68.2 Å². The minimum atomic E-state index is -0.981. The molecule has 7 rings (SSSR count). The molecule has 0 aliphatic carbocycles. The van der Waals surface area contributed by atoms with Gasteiger partial charge < -0.3 is 46.2 Å². The molecule has 5 aromatic rings. The normalized spacial score (nSPS) is 18.0. The van der Waals surface area contributed by atoms with Gasteiger partial charge >= 0.3 is 0 Å². The number of piperazine rings is 1. The van der Waals surface area contributed by atoms with Crippen molar-refractivity contribution in [2.75, 3.05) is 37.3 Å². The molecule has 18 nitrogen and oxygen atoms in total. The summed E-state index contributed by atoms with van der Waals surface area (Å²) in [7, 11) is 0. The van der Waals surface area contributed by atoms with Gasteiger partial charge in [-0.3, -0.25) is 28.8 Å². The van der Waals surface area contributed by atoms with Crippen LogP contribution in [0, 0.1) is 18.2 Å². The SMILES string of the molecule is Cc1ncsc1-c1ccc(CNC(=O)[C@@H]2C[C@@H](O)CN2C(=O)[C@@H](NC(=O)CCCCC(=O)N2[C@H](C)CN(C(=O)c3ccc(NC(=O)c4cc(OCCc5c(Cl)ccc(F)c5Cl)c(N)nn4)cc3)C[C@@H]2C)C(C)(C)C)cc1. The molecule has 0 spiro atoms. The minimum Gasteiger partial charge on any atom is -0.489 e. The lowest BCUT2D eigenvalue weighted by atomic mass is 9.85. The number of nitrogens with zero attached hydrogens (tertiary/aromatic N) is 6. The largest absolute Gasteiger partial charge is 0.489 e. The van der Waals surface area contributed by atoms with Crippen molar-refractivity contribution in [1.82, 2.24) is 40.5 Å². The molecular formula is C54H63Cl2FN10O8S. The second-order valence-electron chi connectivity index (χ2n) is 20.3. The van der Waals surface area contributed by atoms with Crippen LogP contribution in [0.25, 0.3) is 10.4 Å². The number of benzene rings is 3. The van der Waals surface area contributed by atoms with E-state index < -0.39 is 47.1 Å². The number of β-amino-alcohol motifs (C(OH)–C–C–N with tert-alkyl or cyclic N) is 1. The first-order valence-electron chi connectivity index (χ1n) is 25.0. The predicted octanol–water partition coefficient (Wildman–Crippen LogP) is 7.24. The van der Waals surface area contributed by atoms with Crippen LogP contribution in [0.15, 0.2) is 72.2 Å². The quantitative estimate of drug-likeness (QED) is 0.0431. The molecule has 0 radical (unpaired) electrons. The number of amides is 6. The monoisotopic (exact) mass is 1100 g/mol. The molecular weight excluding hydrogens is 1040 g/mol. The van der Waals surface area contributed by atoms with E-state index in [1.807, 2.05) is 65.8 Å². The van der Waals surface area contributed by atoms with Crippen LogP contribution < -0.4 is 26.4 Å². The number of rotatable bonds is 18. The van der Waals surface area contributed by atoms with Crippen molar-refractivity contribution in [3.63, 3.8) is 0 Å². The van der Waals surface area contributed by atoms with Gasteiger partial charge in [0.15, 0.2) is 17.3 Å². The van der Waals surface area contributed by atoms with E-state index in [0.717, 1.165) is 27.8 Å². The molecule has 22 heteroatoms. The maximum absolute atomic E-state index is 14.1. The second kappa shape index (κ2) is 24.9. The highest BCUT2D eigenvalue weighted by atomic mass is 35.5. The van der Waals surface area contributed by atoms with Crippen LogP contribution in [0.1, 0.15) is 104 Å². The average Bonchev–Trinajstić information content (AvgIpc) is 4.01. The van der Waals surface area contributed by atoms with Gasteiger partial charge in [-0.15, -0.1) is 21.5 Å². The van der Waals surface area contributed by atoms with Gasteiger partial charge in [-0.25, -0.2) is 9.37 Å². The Labute approximate surface area is 454 Å². The summed E-state index contributed by atoms with van der Waals surface area (Å²) < 4.78 is 19.7. The fraction of sp³-hybridized carbons (Fsp3) is 0.426. The third kappa shape index (κ3) is 14.0. The number of hydrogen-bond acceptors (Lipinski definition) is 13. The Balaban J connectivity index is 0.841. The molecule has 0 unspecified atom stereocenters. The number of unbranched alkanes of at least 4 members (excludes halogenated alkanes) is 1. The number of aliphatic hydroxyl groups is 1. The van der Waals surface area contributed by atoms with Gasteiger partial charge in [-0.2, -0.15) is 0 Å². The highest BCUT2D eigenvalue weighted by Gasteiger charge is 2.44. The first-order chi connectivity index (χ1) is 36.1. The number of aromatic nitrogens is 3. The number of anilines is 2. The van der Waals surface area contributed by atoms with Gasteiger partial charge in [0.25, 0.3) is 11.8 Å². The summed E-state index contributed by atoms with van der Waals surface area (Å²) in [6.07, 6.45) is 0.363. The van der Waals surface area contributed by atoms with Crippen LogP contribution in [0.4, 0.5) is 15.9 Å². The highest BCUT2D eigenvalue weighted by molar-refractivity contribution is 7.13. The zero-order valence-corrected chi connectivity index (χ0v) is 45.5. The number of nitrogen functional groups attached to an aromatic ring is 1. The van der Waals surface area contributed by atoms with Crippen molar-refractivity contribution in [1.29, 1.82) is 0 Å². The molecule has 5 atom stereocenters. The predicted molar refractivity (Wildman–Crippen MR) is 288 cm³/mol. The zero-order chi connectivity index (χ0) is 55.0. The van der Waals surface area contributed by atoms with E-state index in [1.165, 1.54) is 17.0 Å². The molecule has 2 fully saturated rings. The highest BCUT2D eigenvalue weighted by Crippen LogP contribution is 2.31. The number of halogens is 3. The van der Waals surface area contributed by atoms with Gasteiger partial charge in [-0.05, 0) is 92.1 Å². The van der Waals surface area contributed by atoms with Crippen molar-refractivity contribution in [3.05, 3.63) is 116 Å². The molecule has 404 valence electrons. The van der Waals surface area contributed by atoms with Crippen LogP contribution in [0.2, 0.25) is 10.0 Å². The average molecular weight is 1100 g/mol. The topological polar surface area (TPSA) is 242 Å². The molecule has 76 heavy (non-hydrogen) atoms. The van der Waals surface area contributed by atoms with E-state index in [0.29, 0.717) is 42.7 Å². The Bertz CT molecular complexity index is 2930. The fourth-order valence-electron chi connectivity index (χ4n) is 9.43. The minimum absolute atomic E-state index is 0.000786. The summed E-state index contributed by atoms with van der Waals surface area (Å²) in [5.41, 5.74) is 10.9. The molecule has 2 aromatic heterocycles. The van der Waals surface area contributed by atoms with E-state index in [1.54, 1.807) is 50.9 Å². The van der Waals surface area contributed by atoms with Gasteiger partial charge in [0.2, 0.25) is 23.6 Å². The number of likely N-dealkylation sites (tertiary alicyclic amines) is 1. The van der Waals surface area contributed by atoms with Gasteiger partial charge in [0, 0.05) is 86.3 Å². The van der Waals surface area contributed by atoms with E-state index in [9.17, 15) is 38.3 Å². The van der Waals surface area contributed by atoms with Crippen LogP contribution in [0.5, 0.6) is 5.75 Å². The summed E-state index contributed by atoms with van der Waals surface area (Å²) in [6.45, 7) is 12.0. The summed E-state index contributed by atoms with van der Waals surface area (Å²) in [5, 5.41) is 27.0. The summed E-state index contributed by atoms with van der Waals surface area (Å²) >= 11 is 13.8. The first-order valence-corrected chi connectivity index (χ1v) is 26.7. The molecule has 6 N–H and O–H groups in total. The molecule has 2 aliphatic rings. The lowest BCUT2D eigenvalue weighted by Crippen LogP contribution is -2.59. The van der Waals surface area contributed by atoms with Crippen LogP contribution in [-0.4, -0.2) is 127 Å². The number of aliphatic hydroxyl groups excluding tert-OH is 1. The molecule has 4 heterocycles. The van der Waals surface area contributed by atoms with Crippen molar-refractivity contribution in [2.45, 2.75) is 117 Å². The maximum atomic E-state index is 14.1. The van der Waals surface area contributed by atoms with E-state index in [2.05, 4.69) is 31.1 Å². The number of aryl methyl sites for hydroxylation is 1. The summed E-state index contributed by atoms with van der Waals surface area (Å²) in [5.74, 6) is -2.78. The molecule has 2 saturated heterocycles. The van der Waals surface area contributed by atoms with Gasteiger partial charge in [0.05, 0.1) is 33.8 Å². The third-order valence-corrected chi connectivity index (χ3v) is 15.1. The fourth-order valence-corrected chi connectivity index (χ4v) is 10.8. The first kappa shape index (κ1) is 57.0. The number of nitrogens with one attached hydrogen (secondary N) is 3. The number of carbonyl (C=O) groups excluding carboxylic acids is 6. The number of ether oxygens (including phenoxy) is 1. The molecule has 0 bridgehead atoms. The maximum Gasteiger partial charge on any atom is 0.276 e. The molecule has 3 aromatic carbocycles. The Morgan fingerprint density at radius 3 is 2.28 bits per heavy atom.